The van der Waals surface area contributed by atoms with Gasteiger partial charge in [0.1, 0.15) is 23.7 Å². The molecule has 6 aromatic rings. The number of aryl methyl sites for hydroxylation is 4. The van der Waals surface area contributed by atoms with Crippen molar-refractivity contribution in [1.82, 2.24) is 33.8 Å². The Balaban J connectivity index is 0.000000182. The third kappa shape index (κ3) is 9.10. The van der Waals surface area contributed by atoms with Crippen molar-refractivity contribution in [2.75, 3.05) is 27.3 Å². The highest BCUT2D eigenvalue weighted by Gasteiger charge is 2.31. The van der Waals surface area contributed by atoms with Crippen LogP contribution < -0.4 is 5.14 Å². The molecule has 0 unspecified atom stereocenters. The van der Waals surface area contributed by atoms with Gasteiger partial charge in [0.15, 0.2) is 11.6 Å². The molecule has 0 saturated heterocycles. The van der Waals surface area contributed by atoms with E-state index in [0.29, 0.717) is 44.8 Å². The molecule has 2 atom stereocenters. The first kappa shape index (κ1) is 42.9. The topological polar surface area (TPSA) is 202 Å². The van der Waals surface area contributed by atoms with Crippen LogP contribution in [0.5, 0.6) is 0 Å². The Morgan fingerprint density at radius 3 is 1.40 bits per heavy atom. The number of hydrogen-bond donors (Lipinski definition) is 1. The van der Waals surface area contributed by atoms with Crippen molar-refractivity contribution >= 4 is 55.2 Å². The molecule has 2 aliphatic rings. The lowest BCUT2D eigenvalue weighted by atomic mass is 9.98. The molecule has 312 valence electrons. The Bertz CT molecular complexity index is 2880. The summed E-state index contributed by atoms with van der Waals surface area (Å²) in [6.07, 6.45) is 0. The van der Waals surface area contributed by atoms with Gasteiger partial charge in [0.2, 0.25) is 0 Å². The number of rotatable bonds is 9. The van der Waals surface area contributed by atoms with Crippen molar-refractivity contribution in [2.24, 2.45) is 15.1 Å². The van der Waals surface area contributed by atoms with Gasteiger partial charge < -0.3 is 0 Å². The highest BCUT2D eigenvalue weighted by molar-refractivity contribution is 7.84. The van der Waals surface area contributed by atoms with E-state index in [1.807, 2.05) is 97.5 Å². The molecular formula is C40H40Cl2N10O6S2. The first-order valence-electron chi connectivity index (χ1n) is 18.4. The smallest absolute Gasteiger partial charge is 0.281 e. The zero-order valence-corrected chi connectivity index (χ0v) is 36.4. The van der Waals surface area contributed by atoms with Crippen LogP contribution in [0.25, 0.3) is 11.4 Å². The monoisotopic (exact) mass is 890 g/mol. The molecule has 0 fully saturated rings. The van der Waals surface area contributed by atoms with Gasteiger partial charge in [-0.25, -0.2) is 5.14 Å². The van der Waals surface area contributed by atoms with E-state index in [1.54, 1.807) is 24.3 Å². The van der Waals surface area contributed by atoms with Gasteiger partial charge in [0.25, 0.3) is 0 Å². The average molecular weight is 892 g/mol. The van der Waals surface area contributed by atoms with Gasteiger partial charge in [0, 0.05) is 46.4 Å². The maximum absolute atomic E-state index is 12.2. The summed E-state index contributed by atoms with van der Waals surface area (Å²) < 4.78 is 62.1. The van der Waals surface area contributed by atoms with E-state index >= 15 is 0 Å². The van der Waals surface area contributed by atoms with Gasteiger partial charge in [0.05, 0.1) is 36.0 Å². The van der Waals surface area contributed by atoms with Crippen LogP contribution in [0.2, 0.25) is 10.0 Å². The van der Waals surface area contributed by atoms with E-state index in [2.05, 4.69) is 20.4 Å². The van der Waals surface area contributed by atoms with Gasteiger partial charge in [-0.1, -0.05) is 70.7 Å². The summed E-state index contributed by atoms with van der Waals surface area (Å²) in [5.74, 6) is 2.31. The normalized spacial score (nSPS) is 16.0. The third-order valence-corrected chi connectivity index (χ3v) is 11.9. The molecule has 2 N–H and O–H groups in total. The Morgan fingerprint density at radius 1 is 0.617 bits per heavy atom. The van der Waals surface area contributed by atoms with Crippen LogP contribution >= 0.6 is 23.2 Å². The maximum atomic E-state index is 12.2. The molecule has 0 amide bonds. The molecule has 0 radical (unpaired) electrons. The first-order chi connectivity index (χ1) is 28.4. The predicted molar refractivity (Wildman–Crippen MR) is 229 cm³/mol. The lowest BCUT2D eigenvalue weighted by molar-refractivity contribution is 0.265. The minimum Gasteiger partial charge on any atom is -0.281 e. The molecule has 2 aromatic heterocycles. The van der Waals surface area contributed by atoms with Crippen LogP contribution in [0.4, 0.5) is 0 Å². The van der Waals surface area contributed by atoms with E-state index in [1.165, 1.54) is 14.1 Å². The number of fused-ring (bicyclic) bond motifs is 6. The molecular weight excluding hydrogens is 852 g/mol. The van der Waals surface area contributed by atoms with Gasteiger partial charge in [-0.3, -0.25) is 27.5 Å². The molecule has 0 aliphatic carbocycles. The molecule has 0 bridgehead atoms. The number of benzene rings is 4. The van der Waals surface area contributed by atoms with Gasteiger partial charge >= 0.3 is 20.6 Å². The first-order valence-corrected chi connectivity index (χ1v) is 22.0. The summed E-state index contributed by atoms with van der Waals surface area (Å²) in [5, 5.41) is 23.2. The molecule has 20 heteroatoms. The number of nitrogens with two attached hydrogens (primary N) is 1. The summed E-state index contributed by atoms with van der Waals surface area (Å²) in [6, 6.07) is 25.3. The molecule has 2 aliphatic heterocycles. The fraction of sp³-hybridized carbons (Fsp3) is 0.250. The lowest BCUT2D eigenvalue weighted by Crippen LogP contribution is -2.26. The van der Waals surface area contributed by atoms with Crippen molar-refractivity contribution in [1.29, 1.82) is 0 Å². The van der Waals surface area contributed by atoms with E-state index < -0.39 is 32.7 Å². The van der Waals surface area contributed by atoms with Crippen molar-refractivity contribution < 1.29 is 25.2 Å². The van der Waals surface area contributed by atoms with Crippen molar-refractivity contribution in [3.63, 3.8) is 0 Å². The van der Waals surface area contributed by atoms with Crippen LogP contribution in [-0.4, -0.2) is 89.4 Å². The molecule has 60 heavy (non-hydrogen) atoms. The standard InChI is InChI=1S/C21H22ClN5O3S.C19H18ClN5O3S/c1-13-5-10-19-17(11-13)20(15-6-8-16(22)9-7-15)23-18(12-30-31(28,29)26(3)4)21-25-24-14(2)27(19)21;1-11-3-8-17-15(9-11)18(13-4-6-14(20)7-5-13)22-16(10-28-29(21,26)27)19-24-23-12(2)25(17)19/h5-11,18H,12H2,1-4H3;3-9,16H,10H2,1-2H3,(H2,21,26,27)/t18-;16-/m00/s1. The van der Waals surface area contributed by atoms with E-state index in [4.69, 9.17) is 46.7 Å². The third-order valence-electron chi connectivity index (χ3n) is 9.61. The average Bonchev–Trinajstić information content (AvgIpc) is 3.69. The maximum Gasteiger partial charge on any atom is 0.337 e. The fourth-order valence-electron chi connectivity index (χ4n) is 6.73. The van der Waals surface area contributed by atoms with Crippen molar-refractivity contribution in [3.05, 3.63) is 152 Å². The quantitative estimate of drug-likeness (QED) is 0.182. The number of halogens is 2. The SMILES string of the molecule is Cc1ccc2c(c1)C(c1ccc(Cl)cc1)=N[C@@H](COS(=O)(=O)N(C)C)c1nnc(C)n1-2.Cc1ccc2c(c1)C(c1ccc(Cl)cc1)=N[C@@H](COS(N)(=O)=O)c1nnc(C)n1-2. The molecule has 0 saturated carbocycles. The molecule has 8 rings (SSSR count). The zero-order valence-electron chi connectivity index (χ0n) is 33.3. The summed E-state index contributed by atoms with van der Waals surface area (Å²) >= 11 is 12.1. The minimum absolute atomic E-state index is 0.206. The van der Waals surface area contributed by atoms with Crippen LogP contribution in [0, 0.1) is 27.7 Å². The lowest BCUT2D eigenvalue weighted by Gasteiger charge is -2.15. The molecule has 4 heterocycles. The zero-order chi connectivity index (χ0) is 43.1. The fourth-order valence-corrected chi connectivity index (χ4v) is 7.82. The molecule has 4 aromatic carbocycles. The second-order valence-corrected chi connectivity index (χ2v) is 18.1. The summed E-state index contributed by atoms with van der Waals surface area (Å²) in [6.45, 7) is 7.18. The van der Waals surface area contributed by atoms with Gasteiger partial charge in [-0.2, -0.15) is 21.1 Å². The highest BCUT2D eigenvalue weighted by atomic mass is 35.5. The number of nitrogens with zero attached hydrogens (tertiary/aromatic N) is 9. The largest absolute Gasteiger partial charge is 0.337 e. The minimum atomic E-state index is -4.14. The predicted octanol–water partition coefficient (Wildman–Crippen LogP) is 5.90. The second kappa shape index (κ2) is 17.1. The highest BCUT2D eigenvalue weighted by Crippen LogP contribution is 2.34. The van der Waals surface area contributed by atoms with E-state index in [-0.39, 0.29) is 13.2 Å². The van der Waals surface area contributed by atoms with Gasteiger partial charge in [-0.05, 0) is 76.2 Å². The van der Waals surface area contributed by atoms with E-state index in [9.17, 15) is 16.8 Å². The van der Waals surface area contributed by atoms with Crippen LogP contribution in [0.15, 0.2) is 94.9 Å². The summed E-state index contributed by atoms with van der Waals surface area (Å²) in [4.78, 5) is 9.74. The number of aliphatic imine (C=N–C) groups is 2. The number of hydrogen-bond acceptors (Lipinski definition) is 12. The Morgan fingerprint density at radius 2 is 1.02 bits per heavy atom. The summed E-state index contributed by atoms with van der Waals surface area (Å²) in [7, 11) is -5.19. The van der Waals surface area contributed by atoms with Gasteiger partial charge in [-0.15, -0.1) is 20.4 Å². The number of aromatic nitrogens is 6. The van der Waals surface area contributed by atoms with Crippen molar-refractivity contribution in [2.45, 2.75) is 39.8 Å². The Hall–Kier alpha value is -5.18. The van der Waals surface area contributed by atoms with Crippen LogP contribution in [0.3, 0.4) is 0 Å². The molecule has 0 spiro atoms. The summed E-state index contributed by atoms with van der Waals surface area (Å²) in [5.41, 5.74) is 8.67. The van der Waals surface area contributed by atoms with E-state index in [0.717, 1.165) is 49.1 Å². The van der Waals surface area contributed by atoms with Crippen molar-refractivity contribution in [3.8, 4) is 11.4 Å². The van der Waals surface area contributed by atoms with Crippen LogP contribution in [-0.2, 0) is 29.0 Å². The Labute approximate surface area is 357 Å². The van der Waals surface area contributed by atoms with Crippen LogP contribution in [0.1, 0.15) is 68.8 Å². The Kier molecular flexibility index (Phi) is 12.2. The second-order valence-electron chi connectivity index (χ2n) is 14.2. The molecule has 16 nitrogen and oxygen atoms in total.